The maximum Gasteiger partial charge on any atom is 0.348 e. The minimum absolute atomic E-state index is 0.188. The molecule has 0 radical (unpaired) electrons. The zero-order chi connectivity index (χ0) is 14.7. The molecule has 1 aliphatic rings. The number of rotatable bonds is 5. The van der Waals surface area contributed by atoms with E-state index in [1.165, 1.54) is 21.3 Å². The summed E-state index contributed by atoms with van der Waals surface area (Å²) in [7, 11) is 4.53. The van der Waals surface area contributed by atoms with Crippen molar-refractivity contribution >= 4 is 11.7 Å². The van der Waals surface area contributed by atoms with Gasteiger partial charge in [0.1, 0.15) is 0 Å². The third-order valence-corrected chi connectivity index (χ3v) is 2.94. The van der Waals surface area contributed by atoms with Gasteiger partial charge in [-0.1, -0.05) is 5.16 Å². The van der Waals surface area contributed by atoms with E-state index in [-0.39, 0.29) is 6.42 Å². The van der Waals surface area contributed by atoms with Crippen molar-refractivity contribution in [1.29, 1.82) is 0 Å². The summed E-state index contributed by atoms with van der Waals surface area (Å²) in [6.45, 7) is 0. The maximum absolute atomic E-state index is 10.9. The van der Waals surface area contributed by atoms with Crippen LogP contribution in [0, 0.1) is 0 Å². The first-order valence-corrected chi connectivity index (χ1v) is 5.86. The molecule has 0 spiro atoms. The molecule has 1 N–H and O–H groups in total. The number of carbonyl (C=O) groups is 1. The van der Waals surface area contributed by atoms with Crippen LogP contribution in [0.5, 0.6) is 17.2 Å². The van der Waals surface area contributed by atoms with E-state index >= 15 is 0 Å². The van der Waals surface area contributed by atoms with Crippen molar-refractivity contribution in [1.82, 2.24) is 0 Å². The first kappa shape index (κ1) is 14.0. The van der Waals surface area contributed by atoms with Gasteiger partial charge >= 0.3 is 5.97 Å². The van der Waals surface area contributed by atoms with Gasteiger partial charge in [0.15, 0.2) is 11.5 Å². The summed E-state index contributed by atoms with van der Waals surface area (Å²) in [5.41, 5.74) is 1.19. The molecule has 0 saturated carbocycles. The summed E-state index contributed by atoms with van der Waals surface area (Å²) in [5, 5.41) is 12.7. The second kappa shape index (κ2) is 5.68. The molecule has 0 unspecified atom stereocenters. The number of hydrogen-bond acceptors (Lipinski definition) is 6. The fraction of sp³-hybridized carbons (Fsp3) is 0.385. The van der Waals surface area contributed by atoms with Gasteiger partial charge in [0, 0.05) is 12.0 Å². The minimum atomic E-state index is -1.05. The number of ether oxygens (including phenoxy) is 3. The molecule has 2 rings (SSSR count). The Kier molecular flexibility index (Phi) is 3.97. The molecule has 0 aliphatic carbocycles. The average Bonchev–Trinajstić information content (AvgIpc) is 2.95. The molecule has 0 fully saturated rings. The third kappa shape index (κ3) is 2.47. The van der Waals surface area contributed by atoms with E-state index in [1.807, 2.05) is 0 Å². The number of nitrogens with zero attached hydrogens (tertiary/aromatic N) is 1. The van der Waals surface area contributed by atoms with E-state index in [2.05, 4.69) is 5.16 Å². The molecule has 0 saturated heterocycles. The molecule has 7 heteroatoms. The standard InChI is InChI=1S/C13H15NO6/c1-17-9-4-7(5-10(18-2)12(9)19-3)8-6-11(13(15)16)20-14-8/h4-5,11H,6H2,1-3H3,(H,15,16)/t11-/m0/s1. The quantitative estimate of drug-likeness (QED) is 0.875. The highest BCUT2D eigenvalue weighted by Gasteiger charge is 2.29. The number of carboxylic acid groups (broad SMARTS) is 1. The predicted octanol–water partition coefficient (Wildman–Crippen LogP) is 1.29. The van der Waals surface area contributed by atoms with Crippen LogP contribution in [0.1, 0.15) is 12.0 Å². The number of benzene rings is 1. The lowest BCUT2D eigenvalue weighted by Gasteiger charge is -2.13. The molecule has 0 aromatic heterocycles. The van der Waals surface area contributed by atoms with Crippen molar-refractivity contribution in [3.8, 4) is 17.2 Å². The second-order valence-electron chi connectivity index (χ2n) is 4.09. The molecule has 0 bridgehead atoms. The van der Waals surface area contributed by atoms with E-state index in [4.69, 9.17) is 24.2 Å². The van der Waals surface area contributed by atoms with Gasteiger partial charge in [-0.05, 0) is 12.1 Å². The Morgan fingerprint density at radius 2 is 1.85 bits per heavy atom. The van der Waals surface area contributed by atoms with Crippen LogP contribution >= 0.6 is 0 Å². The van der Waals surface area contributed by atoms with E-state index in [0.29, 0.717) is 28.5 Å². The van der Waals surface area contributed by atoms with Gasteiger partial charge in [-0.25, -0.2) is 4.79 Å². The summed E-state index contributed by atoms with van der Waals surface area (Å²) < 4.78 is 15.7. The Morgan fingerprint density at radius 3 is 2.25 bits per heavy atom. The van der Waals surface area contributed by atoms with Crippen molar-refractivity contribution in [2.24, 2.45) is 5.16 Å². The minimum Gasteiger partial charge on any atom is -0.493 e. The van der Waals surface area contributed by atoms with E-state index in [9.17, 15) is 4.79 Å². The number of methoxy groups -OCH3 is 3. The van der Waals surface area contributed by atoms with Gasteiger partial charge in [0.25, 0.3) is 0 Å². The van der Waals surface area contributed by atoms with E-state index in [1.54, 1.807) is 12.1 Å². The fourth-order valence-corrected chi connectivity index (χ4v) is 1.93. The highest BCUT2D eigenvalue weighted by molar-refractivity contribution is 6.04. The van der Waals surface area contributed by atoms with Crippen molar-refractivity contribution in [2.75, 3.05) is 21.3 Å². The zero-order valence-corrected chi connectivity index (χ0v) is 11.4. The van der Waals surface area contributed by atoms with Crippen molar-refractivity contribution in [2.45, 2.75) is 12.5 Å². The molecule has 1 aromatic rings. The molecule has 7 nitrogen and oxygen atoms in total. The summed E-state index contributed by atoms with van der Waals surface area (Å²) in [4.78, 5) is 15.7. The molecule has 0 amide bonds. The smallest absolute Gasteiger partial charge is 0.348 e. The van der Waals surface area contributed by atoms with Crippen molar-refractivity contribution in [3.63, 3.8) is 0 Å². The summed E-state index contributed by atoms with van der Waals surface area (Å²) >= 11 is 0. The lowest BCUT2D eigenvalue weighted by molar-refractivity contribution is -0.148. The Balaban J connectivity index is 2.36. The van der Waals surface area contributed by atoms with Crippen molar-refractivity contribution in [3.05, 3.63) is 17.7 Å². The SMILES string of the molecule is COc1cc(C2=NO[C@H](C(=O)O)C2)cc(OC)c1OC. The normalized spacial score (nSPS) is 17.1. The van der Waals surface area contributed by atoms with Crippen LogP contribution in [0.4, 0.5) is 0 Å². The van der Waals surface area contributed by atoms with Gasteiger partial charge in [0.05, 0.1) is 27.0 Å². The highest BCUT2D eigenvalue weighted by Crippen LogP contribution is 2.39. The van der Waals surface area contributed by atoms with Crippen LogP contribution < -0.4 is 14.2 Å². The third-order valence-electron chi connectivity index (χ3n) is 2.94. The number of carboxylic acids is 1. The Morgan fingerprint density at radius 1 is 1.25 bits per heavy atom. The van der Waals surface area contributed by atoms with Gasteiger partial charge < -0.3 is 24.2 Å². The van der Waals surface area contributed by atoms with Crippen LogP contribution in [0.3, 0.4) is 0 Å². The van der Waals surface area contributed by atoms with Gasteiger partial charge in [-0.3, -0.25) is 0 Å². The zero-order valence-electron chi connectivity index (χ0n) is 11.4. The Hall–Kier alpha value is -2.44. The first-order valence-electron chi connectivity index (χ1n) is 5.86. The van der Waals surface area contributed by atoms with Crippen LogP contribution in [-0.2, 0) is 9.63 Å². The largest absolute Gasteiger partial charge is 0.493 e. The average molecular weight is 281 g/mol. The van der Waals surface area contributed by atoms with Crippen LogP contribution in [0.25, 0.3) is 0 Å². The monoisotopic (exact) mass is 281 g/mol. The lowest BCUT2D eigenvalue weighted by atomic mass is 10.0. The molecule has 108 valence electrons. The van der Waals surface area contributed by atoms with Gasteiger partial charge in [-0.2, -0.15) is 0 Å². The second-order valence-corrected chi connectivity index (χ2v) is 4.09. The van der Waals surface area contributed by atoms with Crippen LogP contribution in [0.15, 0.2) is 17.3 Å². The Bertz CT molecular complexity index is 529. The number of aliphatic carboxylic acids is 1. The number of hydrogen-bond donors (Lipinski definition) is 1. The van der Waals surface area contributed by atoms with Crippen LogP contribution in [-0.4, -0.2) is 44.2 Å². The summed E-state index contributed by atoms with van der Waals surface area (Å²) in [5.74, 6) is 0.371. The van der Waals surface area contributed by atoms with E-state index < -0.39 is 12.1 Å². The fourth-order valence-electron chi connectivity index (χ4n) is 1.93. The molecule has 1 atom stereocenters. The first-order chi connectivity index (χ1) is 9.60. The highest BCUT2D eigenvalue weighted by atomic mass is 16.7. The molecular formula is C13H15NO6. The molecule has 1 aliphatic heterocycles. The molecule has 1 aromatic carbocycles. The maximum atomic E-state index is 10.9. The Labute approximate surface area is 115 Å². The lowest BCUT2D eigenvalue weighted by Crippen LogP contribution is -2.19. The van der Waals surface area contributed by atoms with Gasteiger partial charge in [0.2, 0.25) is 11.9 Å². The molecule has 1 heterocycles. The van der Waals surface area contributed by atoms with Gasteiger partial charge in [-0.15, -0.1) is 0 Å². The van der Waals surface area contributed by atoms with E-state index in [0.717, 1.165) is 0 Å². The van der Waals surface area contributed by atoms with Crippen molar-refractivity contribution < 1.29 is 28.9 Å². The number of oxime groups is 1. The van der Waals surface area contributed by atoms with Crippen LogP contribution in [0.2, 0.25) is 0 Å². The molecular weight excluding hydrogens is 266 g/mol. The summed E-state index contributed by atoms with van der Waals surface area (Å²) in [6, 6.07) is 3.40. The molecule has 20 heavy (non-hydrogen) atoms. The predicted molar refractivity (Wildman–Crippen MR) is 69.8 cm³/mol. The summed E-state index contributed by atoms with van der Waals surface area (Å²) in [6.07, 6.45) is -0.766. The topological polar surface area (TPSA) is 86.6 Å².